The number of carbonyl (C=O) groups is 3. The molecule has 0 saturated carbocycles. The van der Waals surface area contributed by atoms with Gasteiger partial charge in [0.05, 0.1) is 22.9 Å². The topological polar surface area (TPSA) is 101 Å². The molecule has 0 unspecified atom stereocenters. The molecule has 1 aliphatic heterocycles. The molecule has 2 rings (SSSR count). The number of aromatic carboxylic acids is 1. The monoisotopic (exact) mass is 335 g/mol. The molecule has 0 bridgehead atoms. The molecule has 0 spiro atoms. The summed E-state index contributed by atoms with van der Waals surface area (Å²) in [5.74, 6) is -3.39. The van der Waals surface area contributed by atoms with Crippen LogP contribution in [0.25, 0.3) is 6.08 Å². The van der Waals surface area contributed by atoms with Gasteiger partial charge in [-0.2, -0.15) is 0 Å². The van der Waals surface area contributed by atoms with E-state index in [4.69, 9.17) is 12.2 Å². The molecule has 1 amide bonds. The largest absolute Gasteiger partial charge is 0.548 e. The second-order valence-corrected chi connectivity index (χ2v) is 6.10. The predicted molar refractivity (Wildman–Crippen MR) is 80.3 cm³/mol. The molecule has 1 saturated heterocycles. The summed E-state index contributed by atoms with van der Waals surface area (Å²) in [6.07, 6.45) is 1.35. The van der Waals surface area contributed by atoms with Crippen molar-refractivity contribution in [3.8, 4) is 0 Å². The molecule has 1 aromatic carbocycles. The highest BCUT2D eigenvalue weighted by molar-refractivity contribution is 8.26. The number of carboxylic acid groups (broad SMARTS) is 2. The first-order valence-corrected chi connectivity index (χ1v) is 7.33. The number of hydrogen-bond donors (Lipinski definition) is 0. The molecule has 6 nitrogen and oxygen atoms in total. The zero-order valence-corrected chi connectivity index (χ0v) is 12.9. The van der Waals surface area contributed by atoms with Gasteiger partial charge in [-0.05, 0) is 18.6 Å². The van der Waals surface area contributed by atoms with Crippen molar-refractivity contribution in [2.45, 2.75) is 13.0 Å². The van der Waals surface area contributed by atoms with Crippen molar-refractivity contribution in [1.29, 1.82) is 0 Å². The van der Waals surface area contributed by atoms with E-state index in [0.717, 1.165) is 16.7 Å². The van der Waals surface area contributed by atoms with Gasteiger partial charge in [0.25, 0.3) is 5.91 Å². The van der Waals surface area contributed by atoms with Crippen molar-refractivity contribution in [3.63, 3.8) is 0 Å². The molecule has 22 heavy (non-hydrogen) atoms. The van der Waals surface area contributed by atoms with Crippen LogP contribution in [0.4, 0.5) is 0 Å². The standard InChI is InChI=1S/C14H11NO5S2/c1-7(12(17)18)15-11(16)10(22-14(15)21)6-8-4-2-3-5-9(8)13(19)20/h2-7H,1H3,(H,17,18)(H,19,20)/p-2/t7-/m1/s1. The van der Waals surface area contributed by atoms with Crippen LogP contribution in [-0.2, 0) is 9.59 Å². The number of carbonyl (C=O) groups excluding carboxylic acids is 3. The molecule has 8 heteroatoms. The summed E-state index contributed by atoms with van der Waals surface area (Å²) in [6, 6.07) is 4.81. The van der Waals surface area contributed by atoms with Crippen LogP contribution >= 0.6 is 24.0 Å². The molecule has 114 valence electrons. The van der Waals surface area contributed by atoms with E-state index in [1.54, 1.807) is 6.07 Å². The van der Waals surface area contributed by atoms with Gasteiger partial charge >= 0.3 is 0 Å². The number of hydrogen-bond acceptors (Lipinski definition) is 7. The molecule has 1 aliphatic rings. The fraction of sp³-hybridized carbons (Fsp3) is 0.143. The van der Waals surface area contributed by atoms with Crippen LogP contribution in [0.3, 0.4) is 0 Å². The smallest absolute Gasteiger partial charge is 0.266 e. The van der Waals surface area contributed by atoms with Gasteiger partial charge in [-0.25, -0.2) is 0 Å². The first kappa shape index (κ1) is 16.2. The van der Waals surface area contributed by atoms with Gasteiger partial charge in [0.1, 0.15) is 4.32 Å². The number of thiocarbonyl (C=S) groups is 1. The van der Waals surface area contributed by atoms with Crippen LogP contribution in [0.5, 0.6) is 0 Å². The molecule has 0 N–H and O–H groups in total. The van der Waals surface area contributed by atoms with Crippen molar-refractivity contribution in [1.82, 2.24) is 4.90 Å². The fourth-order valence-electron chi connectivity index (χ4n) is 1.87. The van der Waals surface area contributed by atoms with Gasteiger partial charge in [-0.3, -0.25) is 9.69 Å². The highest BCUT2D eigenvalue weighted by Gasteiger charge is 2.35. The molecule has 0 aliphatic carbocycles. The Labute approximate surface area is 135 Å². The Morgan fingerprint density at radius 3 is 2.55 bits per heavy atom. The summed E-state index contributed by atoms with van der Waals surface area (Å²) in [7, 11) is 0. The number of aliphatic carboxylic acids is 1. The van der Waals surface area contributed by atoms with E-state index >= 15 is 0 Å². The van der Waals surface area contributed by atoms with Gasteiger partial charge in [0, 0.05) is 5.56 Å². The number of amides is 1. The zero-order valence-electron chi connectivity index (χ0n) is 11.3. The fourth-order valence-corrected chi connectivity index (χ4v) is 3.28. The van der Waals surface area contributed by atoms with Crippen molar-refractivity contribution >= 4 is 52.2 Å². The number of thioether (sulfide) groups is 1. The predicted octanol–water partition coefficient (Wildman–Crippen LogP) is -0.610. The van der Waals surface area contributed by atoms with Crippen LogP contribution in [-0.4, -0.2) is 33.1 Å². The minimum Gasteiger partial charge on any atom is -0.548 e. The summed E-state index contributed by atoms with van der Waals surface area (Å²) >= 11 is 5.91. The third kappa shape index (κ3) is 3.02. The zero-order chi connectivity index (χ0) is 16.4. The first-order valence-electron chi connectivity index (χ1n) is 6.11. The SMILES string of the molecule is C[C@H](C(=O)[O-])N1C(=O)C(=Cc2ccccc2C(=O)[O-])SC1=S. The van der Waals surface area contributed by atoms with E-state index in [1.807, 2.05) is 0 Å². The minimum absolute atomic E-state index is 0.0688. The highest BCUT2D eigenvalue weighted by Crippen LogP contribution is 2.34. The van der Waals surface area contributed by atoms with Crippen molar-refractivity contribution in [2.24, 2.45) is 0 Å². The summed E-state index contributed by atoms with van der Waals surface area (Å²) in [4.78, 5) is 35.3. The van der Waals surface area contributed by atoms with E-state index in [1.165, 1.54) is 31.2 Å². The van der Waals surface area contributed by atoms with Gasteiger partial charge in [0.15, 0.2) is 0 Å². The summed E-state index contributed by atoms with van der Waals surface area (Å²) in [6.45, 7) is 1.29. The normalized spacial score (nSPS) is 17.9. The molecular weight excluding hydrogens is 326 g/mol. The summed E-state index contributed by atoms with van der Waals surface area (Å²) in [5.41, 5.74) is 0.213. The van der Waals surface area contributed by atoms with E-state index < -0.39 is 23.9 Å². The van der Waals surface area contributed by atoms with Gasteiger partial charge in [-0.1, -0.05) is 48.2 Å². The van der Waals surface area contributed by atoms with Crippen molar-refractivity contribution in [3.05, 3.63) is 40.3 Å². The lowest BCUT2D eigenvalue weighted by Crippen LogP contribution is -2.48. The maximum Gasteiger partial charge on any atom is 0.266 e. The van der Waals surface area contributed by atoms with E-state index in [9.17, 15) is 24.6 Å². The molecule has 1 atom stereocenters. The van der Waals surface area contributed by atoms with Crippen LogP contribution < -0.4 is 10.2 Å². The minimum atomic E-state index is -1.42. The maximum atomic E-state index is 12.2. The number of nitrogens with zero attached hydrogens (tertiary/aromatic N) is 1. The summed E-state index contributed by atoms with van der Waals surface area (Å²) < 4.78 is 0.0823. The number of carboxylic acids is 2. The highest BCUT2D eigenvalue weighted by atomic mass is 32.2. The van der Waals surface area contributed by atoms with Gasteiger partial charge in [-0.15, -0.1) is 0 Å². The molecule has 1 fully saturated rings. The number of rotatable bonds is 4. The molecular formula is C14H9NO5S2-2. The Kier molecular flexibility index (Phi) is 4.62. The van der Waals surface area contributed by atoms with Crippen molar-refractivity contribution in [2.75, 3.05) is 0 Å². The van der Waals surface area contributed by atoms with Crippen LogP contribution in [0.1, 0.15) is 22.8 Å². The third-order valence-corrected chi connectivity index (χ3v) is 4.35. The Bertz CT molecular complexity index is 713. The lowest BCUT2D eigenvalue weighted by atomic mass is 10.1. The van der Waals surface area contributed by atoms with E-state index in [-0.39, 0.29) is 20.4 Å². The Morgan fingerprint density at radius 1 is 1.32 bits per heavy atom. The van der Waals surface area contributed by atoms with E-state index in [2.05, 4.69) is 0 Å². The molecule has 0 aromatic heterocycles. The average molecular weight is 335 g/mol. The first-order chi connectivity index (χ1) is 10.3. The van der Waals surface area contributed by atoms with Crippen LogP contribution in [0.2, 0.25) is 0 Å². The second kappa shape index (κ2) is 6.29. The average Bonchev–Trinajstić information content (AvgIpc) is 2.73. The second-order valence-electron chi connectivity index (χ2n) is 4.42. The van der Waals surface area contributed by atoms with Crippen LogP contribution in [0, 0.1) is 0 Å². The summed E-state index contributed by atoms with van der Waals surface area (Å²) in [5, 5.41) is 22.0. The molecule has 0 radical (unpaired) electrons. The molecule has 1 aromatic rings. The van der Waals surface area contributed by atoms with Gasteiger partial charge in [0.2, 0.25) is 0 Å². The lowest BCUT2D eigenvalue weighted by molar-refractivity contribution is -0.309. The number of benzene rings is 1. The Morgan fingerprint density at radius 2 is 1.95 bits per heavy atom. The molecule has 1 heterocycles. The quantitative estimate of drug-likeness (QED) is 0.534. The van der Waals surface area contributed by atoms with Crippen molar-refractivity contribution < 1.29 is 24.6 Å². The van der Waals surface area contributed by atoms with E-state index in [0.29, 0.717) is 0 Å². The van der Waals surface area contributed by atoms with Gasteiger partial charge < -0.3 is 19.8 Å². The third-order valence-electron chi connectivity index (χ3n) is 3.02. The Hall–Kier alpha value is -2.19. The lowest BCUT2D eigenvalue weighted by Gasteiger charge is -2.23. The van der Waals surface area contributed by atoms with Crippen LogP contribution in [0.15, 0.2) is 29.2 Å². The maximum absolute atomic E-state index is 12.2. The Balaban J connectivity index is 2.39.